The zero-order valence-electron chi connectivity index (χ0n) is 16.1. The molecule has 4 rings (SSSR count). The van der Waals surface area contributed by atoms with Crippen LogP contribution in [0.3, 0.4) is 0 Å². The van der Waals surface area contributed by atoms with Gasteiger partial charge < -0.3 is 10.6 Å². The second-order valence-electron chi connectivity index (χ2n) is 5.50. The van der Waals surface area contributed by atoms with Gasteiger partial charge in [0.25, 0.3) is 5.91 Å². The first kappa shape index (κ1) is 12.3. The molecule has 1 amide bonds. The standard InChI is InChI=1S/C18H14ClN5O/c1-11-2-5-13(6-3-11)21-17(25)9-15-18-23-20-10-24(18)16-7-4-12(19)8-14(16)22-15/h2-10,22H,1H3,(H,21,25)/b15-9-/i9D/hD2. The molecule has 2 aromatic carbocycles. The van der Waals surface area contributed by atoms with Gasteiger partial charge in [-0.3, -0.25) is 9.36 Å². The zero-order valence-corrected chi connectivity index (χ0v) is 13.9. The van der Waals surface area contributed by atoms with E-state index in [2.05, 4.69) is 10.2 Å². The Morgan fingerprint density at radius 2 is 2.20 bits per heavy atom. The Hall–Kier alpha value is -3.12. The van der Waals surface area contributed by atoms with Crippen LogP contribution in [0, 0.1) is 6.92 Å². The SMILES string of the molecule is [2H]/C(C(=O)N([2H])c1ccc(C)cc1)=C1\c2nncn2-c2ccc(Cl)cc2N1[2H]. The number of rotatable bonds is 2. The molecule has 3 aromatic rings. The second kappa shape index (κ2) is 6.07. The number of carbonyl (C=O) groups is 1. The van der Waals surface area contributed by atoms with Gasteiger partial charge in [0.1, 0.15) is 6.33 Å². The first-order valence-corrected chi connectivity index (χ1v) is 7.86. The van der Waals surface area contributed by atoms with E-state index in [0.29, 0.717) is 27.4 Å². The number of nitrogens with zero attached hydrogens (tertiary/aromatic N) is 3. The summed E-state index contributed by atoms with van der Waals surface area (Å²) in [4.78, 5) is 12.8. The summed E-state index contributed by atoms with van der Waals surface area (Å²) in [5.74, 6) is -0.725. The minimum atomic E-state index is -0.892. The number of hydrogen-bond donors (Lipinski definition) is 2. The molecule has 0 saturated heterocycles. The van der Waals surface area contributed by atoms with Crippen molar-refractivity contribution >= 4 is 34.6 Å². The van der Waals surface area contributed by atoms with E-state index in [9.17, 15) is 4.79 Å². The second-order valence-corrected chi connectivity index (χ2v) is 5.93. The highest BCUT2D eigenvalue weighted by molar-refractivity contribution is 6.31. The van der Waals surface area contributed by atoms with Crippen LogP contribution in [0.25, 0.3) is 11.4 Å². The zero-order chi connectivity index (χ0) is 20.0. The van der Waals surface area contributed by atoms with E-state index < -0.39 is 12.0 Å². The molecule has 0 spiro atoms. The van der Waals surface area contributed by atoms with Gasteiger partial charge in [-0.25, -0.2) is 0 Å². The fourth-order valence-electron chi connectivity index (χ4n) is 2.48. The van der Waals surface area contributed by atoms with Crippen molar-refractivity contribution in [2.45, 2.75) is 6.92 Å². The highest BCUT2D eigenvalue weighted by atomic mass is 35.5. The lowest BCUT2D eigenvalue weighted by atomic mass is 10.2. The van der Waals surface area contributed by atoms with Crippen LogP contribution in [0.4, 0.5) is 11.4 Å². The normalized spacial score (nSPS) is 16.2. The molecule has 1 aromatic heterocycles. The monoisotopic (exact) mass is 354 g/mol. The molecule has 2 N–H and O–H groups in total. The van der Waals surface area contributed by atoms with Crippen molar-refractivity contribution in [3.8, 4) is 5.69 Å². The average Bonchev–Trinajstić information content (AvgIpc) is 3.17. The summed E-state index contributed by atoms with van der Waals surface area (Å²) >= 11 is 6.06. The third-order valence-corrected chi connectivity index (χ3v) is 3.91. The summed E-state index contributed by atoms with van der Waals surface area (Å²) in [6.45, 7) is 1.90. The molecular weight excluding hydrogens is 338 g/mol. The molecule has 1 aliphatic heterocycles. The molecule has 0 aliphatic carbocycles. The molecule has 0 atom stereocenters. The largest absolute Gasteiger partial charge is 0.351 e. The Morgan fingerprint density at radius 3 is 3.00 bits per heavy atom. The van der Waals surface area contributed by atoms with E-state index in [-0.39, 0.29) is 11.5 Å². The van der Waals surface area contributed by atoms with Gasteiger partial charge in [-0.05, 0) is 37.3 Å². The number of aromatic nitrogens is 3. The van der Waals surface area contributed by atoms with Crippen LogP contribution in [-0.2, 0) is 4.79 Å². The van der Waals surface area contributed by atoms with Crippen molar-refractivity contribution in [1.29, 1.82) is 0 Å². The average molecular weight is 355 g/mol. The number of aryl methyl sites for hydroxylation is 1. The topological polar surface area (TPSA) is 71.8 Å². The van der Waals surface area contributed by atoms with Crippen molar-refractivity contribution in [1.82, 2.24) is 14.8 Å². The van der Waals surface area contributed by atoms with E-state index in [1.807, 2.05) is 6.92 Å². The number of anilines is 2. The fourth-order valence-corrected chi connectivity index (χ4v) is 2.65. The Morgan fingerprint density at radius 1 is 1.40 bits per heavy atom. The van der Waals surface area contributed by atoms with Gasteiger partial charge in [0.05, 0.1) is 18.4 Å². The molecule has 2 heterocycles. The maximum Gasteiger partial charge on any atom is 0.250 e. The number of halogens is 1. The number of hydrogen-bond acceptors (Lipinski definition) is 4. The van der Waals surface area contributed by atoms with Crippen LogP contribution in [0.15, 0.2) is 54.8 Å². The minimum Gasteiger partial charge on any atom is -0.351 e. The Bertz CT molecular complexity index is 1110. The maximum absolute atomic E-state index is 12.8. The Labute approximate surface area is 153 Å². The van der Waals surface area contributed by atoms with Crippen LogP contribution < -0.4 is 10.6 Å². The molecule has 0 fully saturated rings. The summed E-state index contributed by atoms with van der Waals surface area (Å²) in [7, 11) is 0. The molecule has 7 heteroatoms. The molecule has 0 radical (unpaired) electrons. The van der Waals surface area contributed by atoms with E-state index in [4.69, 9.17) is 15.8 Å². The lowest BCUT2D eigenvalue weighted by molar-refractivity contribution is -0.111. The van der Waals surface area contributed by atoms with E-state index in [1.165, 1.54) is 6.33 Å². The van der Waals surface area contributed by atoms with Crippen LogP contribution in [0.5, 0.6) is 0 Å². The quantitative estimate of drug-likeness (QED) is 0.689. The summed E-state index contributed by atoms with van der Waals surface area (Å²) in [5.41, 5.74) is 2.20. The van der Waals surface area contributed by atoms with Crippen molar-refractivity contribution in [3.63, 3.8) is 0 Å². The van der Waals surface area contributed by atoms with Crippen molar-refractivity contribution in [3.05, 3.63) is 71.3 Å². The van der Waals surface area contributed by atoms with E-state index >= 15 is 0 Å². The summed E-state index contributed by atoms with van der Waals surface area (Å²) in [6, 6.07) is 11.2. The number of benzene rings is 2. The molecule has 0 saturated carbocycles. The summed E-state index contributed by atoms with van der Waals surface area (Å²) < 4.78 is 26.5. The Balaban J connectivity index is 1.81. The van der Waals surface area contributed by atoms with Gasteiger partial charge in [0.15, 0.2) is 8.65 Å². The highest BCUT2D eigenvalue weighted by Gasteiger charge is 2.22. The number of nitrogens with one attached hydrogen (secondary N) is 2. The van der Waals surface area contributed by atoms with Crippen LogP contribution >= 0.6 is 11.6 Å². The molecule has 0 unspecified atom stereocenters. The summed E-state index contributed by atoms with van der Waals surface area (Å²) in [6.07, 6.45) is 1.44. The third-order valence-electron chi connectivity index (χ3n) is 3.68. The number of fused-ring (bicyclic) bond motifs is 3. The van der Waals surface area contributed by atoms with Gasteiger partial charge in [-0.15, -0.1) is 10.2 Å². The van der Waals surface area contributed by atoms with Crippen LogP contribution in [0.2, 0.25) is 7.85 Å². The Kier molecular flexibility index (Phi) is 2.98. The molecule has 124 valence electrons. The third kappa shape index (κ3) is 2.99. The van der Waals surface area contributed by atoms with Crippen LogP contribution in [0.1, 0.15) is 12.8 Å². The first-order chi connectivity index (χ1) is 13.4. The smallest absolute Gasteiger partial charge is 0.250 e. The van der Waals surface area contributed by atoms with Gasteiger partial charge >= 0.3 is 0 Å². The van der Waals surface area contributed by atoms with Crippen LogP contribution in [-0.4, -0.2) is 20.7 Å². The van der Waals surface area contributed by atoms with E-state index in [1.54, 1.807) is 47.0 Å². The number of amides is 1. The lowest BCUT2D eigenvalue weighted by Gasteiger charge is -2.21. The molecule has 0 bridgehead atoms. The van der Waals surface area contributed by atoms with E-state index in [0.717, 1.165) is 10.9 Å². The van der Waals surface area contributed by atoms with Gasteiger partial charge in [0, 0.05) is 16.8 Å². The molecular formula is C18H14ClN5O. The molecule has 1 aliphatic rings. The molecule has 6 nitrogen and oxygen atoms in total. The minimum absolute atomic E-state index is 0.0818. The van der Waals surface area contributed by atoms with Gasteiger partial charge in [0.2, 0.25) is 0 Å². The predicted octanol–water partition coefficient (Wildman–Crippen LogP) is 3.63. The highest BCUT2D eigenvalue weighted by Crippen LogP contribution is 2.33. The first-order valence-electron chi connectivity index (χ1n) is 8.88. The maximum atomic E-state index is 12.8. The van der Waals surface area contributed by atoms with Gasteiger partial charge in [-0.2, -0.15) is 0 Å². The van der Waals surface area contributed by atoms with Gasteiger partial charge in [-0.1, -0.05) is 29.3 Å². The molecule has 25 heavy (non-hydrogen) atoms. The fraction of sp³-hybridized carbons (Fsp3) is 0.0556. The lowest BCUT2D eigenvalue weighted by Crippen LogP contribution is -2.17. The predicted molar refractivity (Wildman–Crippen MR) is 97.8 cm³/mol. The summed E-state index contributed by atoms with van der Waals surface area (Å²) in [5, 5.41) is 9.77. The van der Waals surface area contributed by atoms with Crippen molar-refractivity contribution < 1.29 is 8.99 Å². The van der Waals surface area contributed by atoms with Crippen molar-refractivity contribution in [2.24, 2.45) is 0 Å². The number of carbonyl (C=O) groups excluding carboxylic acids is 1. The van der Waals surface area contributed by atoms with Crippen molar-refractivity contribution in [2.75, 3.05) is 10.6 Å².